The summed E-state index contributed by atoms with van der Waals surface area (Å²) < 4.78 is 5.50. The van der Waals surface area contributed by atoms with Crippen molar-refractivity contribution in [1.29, 1.82) is 5.26 Å². The van der Waals surface area contributed by atoms with Crippen LogP contribution < -0.4 is 5.73 Å². The first-order valence-corrected chi connectivity index (χ1v) is 5.39. The van der Waals surface area contributed by atoms with Gasteiger partial charge in [0.2, 0.25) is 0 Å². The van der Waals surface area contributed by atoms with Gasteiger partial charge in [0, 0.05) is 12.1 Å². The van der Waals surface area contributed by atoms with Gasteiger partial charge in [0.1, 0.15) is 6.10 Å². The molecule has 0 aromatic heterocycles. The molecule has 1 aliphatic rings. The van der Waals surface area contributed by atoms with Crippen molar-refractivity contribution < 1.29 is 14.9 Å². The minimum atomic E-state index is -0.700. The van der Waals surface area contributed by atoms with Crippen molar-refractivity contribution in [2.24, 2.45) is 0 Å². The molecule has 4 N–H and O–H groups in total. The lowest BCUT2D eigenvalue weighted by molar-refractivity contribution is -0.0226. The second-order valence-corrected chi connectivity index (χ2v) is 4.11. The third kappa shape index (κ3) is 2.24. The Hall–Kier alpha value is -1.61. The Morgan fingerprint density at radius 1 is 1.53 bits per heavy atom. The van der Waals surface area contributed by atoms with E-state index < -0.39 is 12.2 Å². The number of nitrogens with zero attached hydrogens (tertiary/aromatic N) is 1. The molecule has 1 fully saturated rings. The normalized spacial score (nSPS) is 27.9. The summed E-state index contributed by atoms with van der Waals surface area (Å²) in [6.45, 7) is -0.228. The molecule has 17 heavy (non-hydrogen) atoms. The maximum Gasteiger partial charge on any atom is 0.107 e. The van der Waals surface area contributed by atoms with Crippen LogP contribution in [-0.2, 0) is 4.74 Å². The smallest absolute Gasteiger partial charge is 0.107 e. The number of nitriles is 1. The van der Waals surface area contributed by atoms with E-state index in [1.807, 2.05) is 0 Å². The van der Waals surface area contributed by atoms with Gasteiger partial charge in [0.25, 0.3) is 0 Å². The number of rotatable bonds is 2. The van der Waals surface area contributed by atoms with Gasteiger partial charge >= 0.3 is 0 Å². The average molecular weight is 234 g/mol. The Bertz CT molecular complexity index is 456. The van der Waals surface area contributed by atoms with Crippen LogP contribution in [0.2, 0.25) is 0 Å². The van der Waals surface area contributed by atoms with Crippen molar-refractivity contribution in [1.82, 2.24) is 0 Å². The van der Waals surface area contributed by atoms with Crippen molar-refractivity contribution in [3.05, 3.63) is 29.3 Å². The molecule has 1 aromatic rings. The van der Waals surface area contributed by atoms with Crippen LogP contribution in [-0.4, -0.2) is 29.0 Å². The minimum absolute atomic E-state index is 0.228. The largest absolute Gasteiger partial charge is 0.399 e. The highest BCUT2D eigenvalue weighted by Gasteiger charge is 2.35. The van der Waals surface area contributed by atoms with Gasteiger partial charge in [0.15, 0.2) is 0 Å². The third-order valence-electron chi connectivity index (χ3n) is 2.95. The molecule has 1 heterocycles. The van der Waals surface area contributed by atoms with E-state index in [4.69, 9.17) is 20.8 Å². The molecule has 1 aliphatic heterocycles. The molecule has 0 aliphatic carbocycles. The highest BCUT2D eigenvalue weighted by atomic mass is 16.5. The molecule has 0 radical (unpaired) electrons. The number of hydrogen-bond donors (Lipinski definition) is 3. The Balaban J connectivity index is 2.27. The summed E-state index contributed by atoms with van der Waals surface area (Å²) in [6.07, 6.45) is -1.26. The molecule has 90 valence electrons. The highest BCUT2D eigenvalue weighted by Crippen LogP contribution is 2.34. The maximum atomic E-state index is 9.65. The van der Waals surface area contributed by atoms with Crippen LogP contribution in [0.3, 0.4) is 0 Å². The SMILES string of the molecule is N#Cc1cc(N)ccc1[C@H]1C[C@H](O)[C@@H](CO)O1. The monoisotopic (exact) mass is 234 g/mol. The Kier molecular flexibility index (Phi) is 3.29. The van der Waals surface area contributed by atoms with Crippen molar-refractivity contribution in [3.8, 4) is 6.07 Å². The summed E-state index contributed by atoms with van der Waals surface area (Å²) in [4.78, 5) is 0. The van der Waals surface area contributed by atoms with E-state index in [-0.39, 0.29) is 12.7 Å². The molecular weight excluding hydrogens is 220 g/mol. The number of hydrogen-bond acceptors (Lipinski definition) is 5. The fourth-order valence-electron chi connectivity index (χ4n) is 2.04. The number of anilines is 1. The highest BCUT2D eigenvalue weighted by molar-refractivity contribution is 5.50. The molecule has 0 unspecified atom stereocenters. The first-order valence-electron chi connectivity index (χ1n) is 5.39. The third-order valence-corrected chi connectivity index (χ3v) is 2.95. The Morgan fingerprint density at radius 3 is 2.88 bits per heavy atom. The van der Waals surface area contributed by atoms with Crippen LogP contribution in [0.15, 0.2) is 18.2 Å². The maximum absolute atomic E-state index is 9.65. The van der Waals surface area contributed by atoms with Gasteiger partial charge in [-0.3, -0.25) is 0 Å². The number of nitrogens with two attached hydrogens (primary N) is 1. The summed E-state index contributed by atoms with van der Waals surface area (Å²) in [7, 11) is 0. The standard InChI is InChI=1S/C12H14N2O3/c13-5-7-3-8(14)1-2-9(7)11-4-10(16)12(6-15)17-11/h1-3,10-12,15-16H,4,6,14H2/t10-,11+,12+/m0/s1. The quantitative estimate of drug-likeness (QED) is 0.640. The number of aliphatic hydroxyl groups is 2. The Morgan fingerprint density at radius 2 is 2.29 bits per heavy atom. The number of nitrogen functional groups attached to an aromatic ring is 1. The molecule has 5 heteroatoms. The molecule has 1 saturated heterocycles. The Labute approximate surface area is 99.0 Å². The lowest BCUT2D eigenvalue weighted by Crippen LogP contribution is -2.24. The molecular formula is C12H14N2O3. The van der Waals surface area contributed by atoms with Crippen LogP contribution in [0.1, 0.15) is 23.7 Å². The zero-order valence-corrected chi connectivity index (χ0v) is 9.21. The number of ether oxygens (including phenoxy) is 1. The summed E-state index contributed by atoms with van der Waals surface area (Å²) in [5, 5.41) is 27.7. The van der Waals surface area contributed by atoms with Crippen LogP contribution >= 0.6 is 0 Å². The van der Waals surface area contributed by atoms with Gasteiger partial charge in [-0.05, 0) is 17.7 Å². The van der Waals surface area contributed by atoms with Crippen LogP contribution in [0, 0.1) is 11.3 Å². The van der Waals surface area contributed by atoms with Crippen molar-refractivity contribution in [2.75, 3.05) is 12.3 Å². The lowest BCUT2D eigenvalue weighted by Gasteiger charge is -2.13. The van der Waals surface area contributed by atoms with E-state index in [2.05, 4.69) is 6.07 Å². The molecule has 2 rings (SSSR count). The van der Waals surface area contributed by atoms with Crippen molar-refractivity contribution in [3.63, 3.8) is 0 Å². The summed E-state index contributed by atoms with van der Waals surface area (Å²) >= 11 is 0. The van der Waals surface area contributed by atoms with Gasteiger partial charge in [-0.1, -0.05) is 6.07 Å². The molecule has 0 saturated carbocycles. The molecule has 5 nitrogen and oxygen atoms in total. The first-order chi connectivity index (χ1) is 8.15. The van der Waals surface area contributed by atoms with Crippen LogP contribution in [0.25, 0.3) is 0 Å². The van der Waals surface area contributed by atoms with Crippen LogP contribution in [0.5, 0.6) is 0 Å². The molecule has 0 spiro atoms. The van der Waals surface area contributed by atoms with Crippen molar-refractivity contribution >= 4 is 5.69 Å². The fourth-order valence-corrected chi connectivity index (χ4v) is 2.04. The van der Waals surface area contributed by atoms with Crippen LogP contribution in [0.4, 0.5) is 5.69 Å². The summed E-state index contributed by atoms with van der Waals surface area (Å²) in [6, 6.07) is 7.06. The van der Waals surface area contributed by atoms with E-state index in [0.29, 0.717) is 23.2 Å². The van der Waals surface area contributed by atoms with Gasteiger partial charge in [-0.2, -0.15) is 5.26 Å². The molecule has 1 aromatic carbocycles. The topological polar surface area (TPSA) is 99.5 Å². The van der Waals surface area contributed by atoms with Crippen molar-refractivity contribution in [2.45, 2.75) is 24.7 Å². The predicted molar refractivity (Wildman–Crippen MR) is 60.9 cm³/mol. The summed E-state index contributed by atoms with van der Waals surface area (Å²) in [5.41, 5.74) is 7.27. The second-order valence-electron chi connectivity index (χ2n) is 4.11. The van der Waals surface area contributed by atoms with E-state index in [1.54, 1.807) is 18.2 Å². The van der Waals surface area contributed by atoms with E-state index >= 15 is 0 Å². The fraction of sp³-hybridized carbons (Fsp3) is 0.417. The average Bonchev–Trinajstić information content (AvgIpc) is 2.70. The predicted octanol–water partition coefficient (Wildman–Crippen LogP) is 0.324. The lowest BCUT2D eigenvalue weighted by atomic mass is 9.99. The first kappa shape index (κ1) is 11.9. The molecule has 0 bridgehead atoms. The minimum Gasteiger partial charge on any atom is -0.399 e. The zero-order chi connectivity index (χ0) is 12.4. The van der Waals surface area contributed by atoms with Gasteiger partial charge in [-0.15, -0.1) is 0 Å². The second kappa shape index (κ2) is 4.72. The van der Waals surface area contributed by atoms with Gasteiger partial charge in [-0.25, -0.2) is 0 Å². The van der Waals surface area contributed by atoms with E-state index in [9.17, 15) is 5.11 Å². The van der Waals surface area contributed by atoms with Gasteiger partial charge in [0.05, 0.1) is 30.4 Å². The number of aliphatic hydroxyl groups excluding tert-OH is 2. The van der Waals surface area contributed by atoms with E-state index in [1.165, 1.54) is 0 Å². The van der Waals surface area contributed by atoms with E-state index in [0.717, 1.165) is 0 Å². The summed E-state index contributed by atoms with van der Waals surface area (Å²) in [5.74, 6) is 0. The molecule has 3 atom stereocenters. The van der Waals surface area contributed by atoms with Gasteiger partial charge < -0.3 is 20.7 Å². The zero-order valence-electron chi connectivity index (χ0n) is 9.21. The number of benzene rings is 1. The molecule has 0 amide bonds.